The lowest BCUT2D eigenvalue weighted by Crippen LogP contribution is -2.31. The van der Waals surface area contributed by atoms with E-state index >= 15 is 0 Å². The zero-order valence-electron chi connectivity index (χ0n) is 9.24. The van der Waals surface area contributed by atoms with Crippen LogP contribution in [0.2, 0.25) is 0 Å². The highest BCUT2D eigenvalue weighted by atomic mass is 16.3. The van der Waals surface area contributed by atoms with E-state index in [1.165, 1.54) is 0 Å². The summed E-state index contributed by atoms with van der Waals surface area (Å²) in [6.45, 7) is 0.770. The van der Waals surface area contributed by atoms with E-state index in [1.807, 2.05) is 12.1 Å². The van der Waals surface area contributed by atoms with Crippen LogP contribution in [0.1, 0.15) is 25.0 Å². The van der Waals surface area contributed by atoms with Crippen molar-refractivity contribution in [3.05, 3.63) is 24.2 Å². The lowest BCUT2D eigenvalue weighted by atomic mass is 10.1. The van der Waals surface area contributed by atoms with Crippen molar-refractivity contribution in [3.63, 3.8) is 0 Å². The second-order valence-corrected chi connectivity index (χ2v) is 4.51. The molecule has 1 aromatic heterocycles. The van der Waals surface area contributed by atoms with Gasteiger partial charge in [0, 0.05) is 24.8 Å². The van der Waals surface area contributed by atoms with Crippen LogP contribution in [0.4, 0.5) is 0 Å². The Bertz CT molecular complexity index is 341. The highest BCUT2D eigenvalue weighted by Gasteiger charge is 2.41. The Morgan fingerprint density at radius 3 is 2.94 bits per heavy atom. The van der Waals surface area contributed by atoms with Crippen LogP contribution >= 0.6 is 0 Å². The largest absolute Gasteiger partial charge is 0.469 e. The van der Waals surface area contributed by atoms with Crippen molar-refractivity contribution in [2.24, 2.45) is 5.41 Å². The molecule has 0 aromatic carbocycles. The Morgan fingerprint density at radius 1 is 1.56 bits per heavy atom. The number of aryl methyl sites for hydroxylation is 1. The van der Waals surface area contributed by atoms with Gasteiger partial charge in [-0.05, 0) is 25.0 Å². The molecule has 0 aliphatic heterocycles. The number of hydrogen-bond donors (Lipinski definition) is 2. The van der Waals surface area contributed by atoms with Gasteiger partial charge in [-0.25, -0.2) is 0 Å². The fraction of sp³-hybridized carbons (Fsp3) is 0.583. The van der Waals surface area contributed by atoms with Crippen LogP contribution in [0.3, 0.4) is 0 Å². The Labute approximate surface area is 94.6 Å². The zero-order chi connectivity index (χ0) is 11.4. The Balaban J connectivity index is 1.65. The molecule has 0 bridgehead atoms. The molecule has 1 aliphatic rings. The first-order valence-electron chi connectivity index (χ1n) is 5.64. The molecule has 4 heteroatoms. The van der Waals surface area contributed by atoms with E-state index in [0.29, 0.717) is 19.4 Å². The van der Waals surface area contributed by atoms with Gasteiger partial charge in [-0.3, -0.25) is 4.79 Å². The number of carbonyl (C=O) groups is 1. The lowest BCUT2D eigenvalue weighted by Gasteiger charge is -2.12. The van der Waals surface area contributed by atoms with Crippen molar-refractivity contribution in [1.82, 2.24) is 5.32 Å². The molecule has 1 aliphatic carbocycles. The average molecular weight is 223 g/mol. The first-order chi connectivity index (χ1) is 7.74. The van der Waals surface area contributed by atoms with Crippen molar-refractivity contribution in [1.29, 1.82) is 0 Å². The first-order valence-corrected chi connectivity index (χ1v) is 5.64. The van der Waals surface area contributed by atoms with Gasteiger partial charge in [-0.2, -0.15) is 0 Å². The van der Waals surface area contributed by atoms with Crippen LogP contribution in [0.25, 0.3) is 0 Å². The maximum Gasteiger partial charge on any atom is 0.220 e. The van der Waals surface area contributed by atoms with Gasteiger partial charge in [-0.15, -0.1) is 0 Å². The first kappa shape index (κ1) is 11.2. The number of amides is 1. The van der Waals surface area contributed by atoms with Gasteiger partial charge in [0.2, 0.25) is 5.91 Å². The Morgan fingerprint density at radius 2 is 2.38 bits per heavy atom. The predicted molar refractivity (Wildman–Crippen MR) is 58.8 cm³/mol. The van der Waals surface area contributed by atoms with E-state index in [4.69, 9.17) is 9.52 Å². The molecular formula is C12H17NO3. The Hall–Kier alpha value is -1.29. The van der Waals surface area contributed by atoms with Gasteiger partial charge in [0.15, 0.2) is 0 Å². The van der Waals surface area contributed by atoms with E-state index in [1.54, 1.807) is 6.26 Å². The average Bonchev–Trinajstić information content (AvgIpc) is 2.90. The molecule has 4 nitrogen and oxygen atoms in total. The number of rotatable bonds is 6. The molecule has 2 N–H and O–H groups in total. The summed E-state index contributed by atoms with van der Waals surface area (Å²) < 4.78 is 5.14. The van der Waals surface area contributed by atoms with E-state index < -0.39 is 0 Å². The van der Waals surface area contributed by atoms with Crippen molar-refractivity contribution < 1.29 is 14.3 Å². The van der Waals surface area contributed by atoms with Crippen LogP contribution in [-0.2, 0) is 11.2 Å². The summed E-state index contributed by atoms with van der Waals surface area (Å²) in [5.41, 5.74) is -0.0135. The number of hydrogen-bond acceptors (Lipinski definition) is 3. The second kappa shape index (κ2) is 4.70. The third kappa shape index (κ3) is 2.85. The summed E-state index contributed by atoms with van der Waals surface area (Å²) in [6.07, 6.45) is 4.71. The molecule has 0 unspecified atom stereocenters. The minimum Gasteiger partial charge on any atom is -0.469 e. The summed E-state index contributed by atoms with van der Waals surface area (Å²) in [5, 5.41) is 11.9. The van der Waals surface area contributed by atoms with Gasteiger partial charge in [-0.1, -0.05) is 0 Å². The van der Waals surface area contributed by atoms with Crippen molar-refractivity contribution in [3.8, 4) is 0 Å². The predicted octanol–water partition coefficient (Wildman–Crippen LogP) is 1.10. The summed E-state index contributed by atoms with van der Waals surface area (Å²) in [5.74, 6) is 0.856. The third-order valence-corrected chi connectivity index (χ3v) is 3.13. The zero-order valence-corrected chi connectivity index (χ0v) is 9.24. The van der Waals surface area contributed by atoms with E-state index in [9.17, 15) is 4.79 Å². The standard InChI is InChI=1S/C12H17NO3/c14-9-12(5-6-12)8-13-11(15)4-3-10-2-1-7-16-10/h1-2,7,14H,3-6,8-9H2,(H,13,15). The van der Waals surface area contributed by atoms with Gasteiger partial charge in [0.05, 0.1) is 12.9 Å². The molecule has 88 valence electrons. The molecular weight excluding hydrogens is 206 g/mol. The molecule has 0 saturated heterocycles. The number of furan rings is 1. The number of aliphatic hydroxyl groups excluding tert-OH is 1. The highest BCUT2D eigenvalue weighted by Crippen LogP contribution is 2.44. The number of nitrogens with one attached hydrogen (secondary N) is 1. The summed E-state index contributed by atoms with van der Waals surface area (Å²) in [4.78, 5) is 11.5. The second-order valence-electron chi connectivity index (χ2n) is 4.51. The van der Waals surface area contributed by atoms with Gasteiger partial charge >= 0.3 is 0 Å². The molecule has 0 spiro atoms. The molecule has 1 saturated carbocycles. The van der Waals surface area contributed by atoms with Crippen LogP contribution in [0.15, 0.2) is 22.8 Å². The molecule has 1 fully saturated rings. The van der Waals surface area contributed by atoms with Gasteiger partial charge in [0.25, 0.3) is 0 Å². The van der Waals surface area contributed by atoms with Gasteiger partial charge in [0.1, 0.15) is 5.76 Å². The highest BCUT2D eigenvalue weighted by molar-refractivity contribution is 5.76. The minimum atomic E-state index is -0.0135. The SMILES string of the molecule is O=C(CCc1ccco1)NCC1(CO)CC1. The van der Waals surface area contributed by atoms with Crippen LogP contribution in [0.5, 0.6) is 0 Å². The van der Waals surface area contributed by atoms with Crippen molar-refractivity contribution in [2.45, 2.75) is 25.7 Å². The normalized spacial score (nSPS) is 17.1. The molecule has 0 atom stereocenters. The minimum absolute atomic E-state index is 0.0135. The number of carbonyl (C=O) groups excluding carboxylic acids is 1. The lowest BCUT2D eigenvalue weighted by molar-refractivity contribution is -0.121. The summed E-state index contributed by atoms with van der Waals surface area (Å²) >= 11 is 0. The molecule has 0 radical (unpaired) electrons. The fourth-order valence-corrected chi connectivity index (χ4v) is 1.63. The topological polar surface area (TPSA) is 62.5 Å². The monoisotopic (exact) mass is 223 g/mol. The Kier molecular flexibility index (Phi) is 3.29. The molecule has 1 heterocycles. The smallest absolute Gasteiger partial charge is 0.220 e. The molecule has 16 heavy (non-hydrogen) atoms. The summed E-state index contributed by atoms with van der Waals surface area (Å²) in [7, 11) is 0. The fourth-order valence-electron chi connectivity index (χ4n) is 1.63. The van der Waals surface area contributed by atoms with E-state index in [-0.39, 0.29) is 17.9 Å². The number of aliphatic hydroxyl groups is 1. The van der Waals surface area contributed by atoms with Crippen molar-refractivity contribution in [2.75, 3.05) is 13.2 Å². The van der Waals surface area contributed by atoms with Crippen LogP contribution < -0.4 is 5.32 Å². The van der Waals surface area contributed by atoms with Crippen molar-refractivity contribution >= 4 is 5.91 Å². The maximum absolute atomic E-state index is 11.5. The quantitative estimate of drug-likeness (QED) is 0.759. The molecule has 1 aromatic rings. The molecule has 1 amide bonds. The maximum atomic E-state index is 11.5. The summed E-state index contributed by atoms with van der Waals surface area (Å²) in [6, 6.07) is 3.68. The molecule has 2 rings (SSSR count). The van der Waals surface area contributed by atoms with E-state index in [0.717, 1.165) is 18.6 Å². The van der Waals surface area contributed by atoms with E-state index in [2.05, 4.69) is 5.32 Å². The van der Waals surface area contributed by atoms with Crippen LogP contribution in [0, 0.1) is 5.41 Å². The van der Waals surface area contributed by atoms with Gasteiger partial charge < -0.3 is 14.8 Å². The third-order valence-electron chi connectivity index (χ3n) is 3.13. The van der Waals surface area contributed by atoms with Crippen LogP contribution in [-0.4, -0.2) is 24.2 Å².